The number of carbonyl (C=O) groups is 10. The van der Waals surface area contributed by atoms with Gasteiger partial charge >= 0.3 is 64.5 Å². The molecular formula is C74H34CoN16O20. The maximum absolute atomic E-state index is 13.0. The second kappa shape index (κ2) is 25.5. The van der Waals surface area contributed by atoms with Gasteiger partial charge in [0, 0.05) is 98.7 Å². The van der Waals surface area contributed by atoms with Gasteiger partial charge in [-0.1, -0.05) is 121 Å². The number of aromatic carboxylic acids is 10. The average Bonchev–Trinajstić information content (AvgIpc) is 1.62. The molecule has 36 nitrogen and oxygen atoms in total. The predicted octanol–water partition coefficient (Wildman–Crippen LogP) is 8.05. The first kappa shape index (κ1) is 69.1. The quantitative estimate of drug-likeness (QED) is 0.0616. The first-order valence-electron chi connectivity index (χ1n) is 31.9. The number of benzene rings is 8. The molecule has 539 valence electrons. The normalized spacial score (nSPS) is 11.5. The van der Waals surface area contributed by atoms with Gasteiger partial charge in [0.2, 0.25) is 0 Å². The number of hydrogen-bond acceptors (Lipinski definition) is 24. The van der Waals surface area contributed by atoms with Crippen LogP contribution in [-0.2, 0) is 16.8 Å². The van der Waals surface area contributed by atoms with Crippen molar-refractivity contribution in [3.63, 3.8) is 0 Å². The van der Waals surface area contributed by atoms with Gasteiger partial charge in [-0.2, -0.15) is 0 Å². The number of nitrogens with zero attached hydrogens (tertiary/aromatic N) is 12. The molecule has 0 saturated heterocycles. The van der Waals surface area contributed by atoms with E-state index in [1.165, 1.54) is 36.4 Å². The van der Waals surface area contributed by atoms with E-state index < -0.39 is 148 Å². The fraction of sp³-hybridized carbons (Fsp3) is 0. The molecule has 0 unspecified atom stereocenters. The largest absolute Gasteiger partial charge is 2.00 e. The van der Waals surface area contributed by atoms with Crippen molar-refractivity contribution in [2.45, 2.75) is 0 Å². The molecule has 37 heteroatoms. The molecule has 12 N–H and O–H groups in total. The van der Waals surface area contributed by atoms with E-state index in [9.17, 15) is 99.0 Å². The fourth-order valence-electron chi connectivity index (χ4n) is 14.0. The summed E-state index contributed by atoms with van der Waals surface area (Å²) in [5.41, 5.74) is -9.72. The van der Waals surface area contributed by atoms with Gasteiger partial charge in [-0.3, -0.25) is 0 Å². The molecule has 8 aromatic carbocycles. The van der Waals surface area contributed by atoms with Crippen molar-refractivity contribution >= 4 is 148 Å². The van der Waals surface area contributed by atoms with Crippen LogP contribution >= 0.6 is 0 Å². The Labute approximate surface area is 620 Å². The Balaban J connectivity index is 0.000000167. The minimum atomic E-state index is -2.17. The van der Waals surface area contributed by atoms with Gasteiger partial charge in [-0.25, -0.2) is 98.2 Å². The van der Waals surface area contributed by atoms with Crippen LogP contribution in [-0.4, -0.2) is 180 Å². The van der Waals surface area contributed by atoms with Crippen LogP contribution in [0.25, 0.3) is 179 Å². The number of nitrogens with one attached hydrogen (secondary N) is 4. The smallest absolute Gasteiger partial charge is 0.545 e. The summed E-state index contributed by atoms with van der Waals surface area (Å²) in [6, 6.07) is 36.3. The summed E-state index contributed by atoms with van der Waals surface area (Å²) in [7, 11) is 0. The second-order valence-corrected chi connectivity index (χ2v) is 24.4. The number of rotatable bonds is 10. The molecule has 0 spiro atoms. The van der Waals surface area contributed by atoms with Gasteiger partial charge in [0.15, 0.2) is 46.6 Å². The van der Waals surface area contributed by atoms with E-state index >= 15 is 0 Å². The van der Waals surface area contributed by atoms with Gasteiger partial charge < -0.3 is 80.6 Å². The summed E-state index contributed by atoms with van der Waals surface area (Å²) in [6.07, 6.45) is 0. The number of aromatic nitrogens is 16. The maximum atomic E-state index is 13.0. The Kier molecular flexibility index (Phi) is 15.9. The van der Waals surface area contributed by atoms with E-state index in [-0.39, 0.29) is 108 Å². The standard InChI is InChI=1S/2C37H18N8O10.Co/c2*46-33(47)17-11-5-10-16-18(17)30-43-29(16)41-27-13-7-2-1-6-12(13)25(39-27)38-26-14-8-3-4-9-15(14)28(40-26)42-31-19-20(32(44-30)45-31)22(35(50)51)24(37(54)55)23(36(52)53)21(19)34(48)49;/h2*1-11H,(H,46,47)(H,48,49)(H,50,51)(H,52,53)(H,54,55)(H2,38,39,40,41,42,43,44,45);/q;;+2/p-2. The summed E-state index contributed by atoms with van der Waals surface area (Å²) < 4.78 is 0. The molecule has 6 aromatic heterocycles. The number of carbonyl (C=O) groups excluding carboxylic acids is 2. The van der Waals surface area contributed by atoms with Gasteiger partial charge in [-0.15, -0.1) is 0 Å². The Hall–Kier alpha value is -16.3. The summed E-state index contributed by atoms with van der Waals surface area (Å²) in [4.78, 5) is 195. The first-order valence-corrected chi connectivity index (χ1v) is 31.9. The molecular weight excluding hydrogens is 1490 g/mol. The topological polar surface area (TPSA) is 596 Å². The maximum Gasteiger partial charge on any atom is 2.00 e. The van der Waals surface area contributed by atoms with E-state index in [0.717, 1.165) is 0 Å². The molecule has 18 rings (SSSR count). The molecule has 111 heavy (non-hydrogen) atoms. The molecule has 0 amide bonds. The molecule has 10 heterocycles. The van der Waals surface area contributed by atoms with Crippen molar-refractivity contribution in [2.24, 2.45) is 0 Å². The summed E-state index contributed by atoms with van der Waals surface area (Å²) in [6.45, 7) is 0. The molecule has 4 aliphatic rings. The van der Waals surface area contributed by atoms with Crippen LogP contribution in [0.15, 0.2) is 133 Å². The molecule has 0 atom stereocenters. The van der Waals surface area contributed by atoms with Crippen molar-refractivity contribution < 1.29 is 116 Å². The number of fused-ring (bicyclic) bond motifs is 40. The minimum absolute atomic E-state index is 0. The van der Waals surface area contributed by atoms with Crippen LogP contribution < -0.4 is 10.2 Å². The summed E-state index contributed by atoms with van der Waals surface area (Å²) in [5, 5.41) is 108. The number of carboxylic acids is 10. The third-order valence-electron chi connectivity index (χ3n) is 18.4. The predicted molar refractivity (Wildman–Crippen MR) is 376 cm³/mol. The Bertz CT molecular complexity index is 6770. The van der Waals surface area contributed by atoms with Crippen molar-refractivity contribution in [2.75, 3.05) is 0 Å². The SMILES string of the molecule is O=C(O)c1cccc2c1-c1nc-2nc2[nH]c(nc3nc(nc4[nH]c(n1)c1c(C(=O)O)c(C(=O)O)c(C(=O)O)c(C(=O)[O-])c41)-c1ccccc1-3)c1ccccc21.O=C(O)c1cccc2c1-c1nc-2nc2[nH]c(nc3nc(nc4[nH]c(n1)c1c(C(=O)O)c(C(=O)O)c(C(=O)O)c(C(=O)[O-])c41)-c1ccccc1-3)c1ccccc21.[Co+2]. The van der Waals surface area contributed by atoms with E-state index in [1.54, 1.807) is 97.1 Å². The first-order chi connectivity index (χ1) is 52.8. The number of H-pyrrole nitrogens is 4. The molecule has 16 bridgehead atoms. The molecule has 0 saturated carbocycles. The van der Waals surface area contributed by atoms with Crippen LogP contribution in [0.5, 0.6) is 0 Å². The third kappa shape index (κ3) is 10.7. The van der Waals surface area contributed by atoms with Crippen molar-refractivity contribution in [1.82, 2.24) is 79.7 Å². The fourth-order valence-corrected chi connectivity index (χ4v) is 14.0. The van der Waals surface area contributed by atoms with Crippen LogP contribution in [0.3, 0.4) is 0 Å². The zero-order valence-corrected chi connectivity index (χ0v) is 55.9. The number of hydrogen-bond donors (Lipinski definition) is 12. The van der Waals surface area contributed by atoms with Crippen LogP contribution in [0.1, 0.15) is 104 Å². The third-order valence-corrected chi connectivity index (χ3v) is 18.4. The molecule has 0 aliphatic carbocycles. The second-order valence-electron chi connectivity index (χ2n) is 24.4. The van der Waals surface area contributed by atoms with Crippen LogP contribution in [0, 0.1) is 0 Å². The van der Waals surface area contributed by atoms with Gasteiger partial charge in [0.05, 0.1) is 56.4 Å². The monoisotopic (exact) mass is 1530 g/mol. The van der Waals surface area contributed by atoms with E-state index in [2.05, 4.69) is 59.8 Å². The van der Waals surface area contributed by atoms with Crippen molar-refractivity contribution in [1.29, 1.82) is 0 Å². The van der Waals surface area contributed by atoms with E-state index in [1.807, 2.05) is 0 Å². The summed E-state index contributed by atoms with van der Waals surface area (Å²) in [5.74, 6) is -20.0. The van der Waals surface area contributed by atoms with Gasteiger partial charge in [0.1, 0.15) is 45.2 Å². The molecule has 0 fully saturated rings. The Morgan fingerprint density at radius 1 is 0.234 bits per heavy atom. The Morgan fingerprint density at radius 3 is 0.721 bits per heavy atom. The van der Waals surface area contributed by atoms with E-state index in [4.69, 9.17) is 19.9 Å². The van der Waals surface area contributed by atoms with Gasteiger partial charge in [0.25, 0.3) is 0 Å². The molecule has 4 aliphatic heterocycles. The minimum Gasteiger partial charge on any atom is -0.545 e. The Morgan fingerprint density at radius 2 is 0.450 bits per heavy atom. The van der Waals surface area contributed by atoms with Crippen molar-refractivity contribution in [3.05, 3.63) is 189 Å². The molecule has 14 aromatic rings. The van der Waals surface area contributed by atoms with Crippen LogP contribution in [0.4, 0.5) is 0 Å². The zero-order valence-electron chi connectivity index (χ0n) is 54.9. The summed E-state index contributed by atoms with van der Waals surface area (Å²) >= 11 is 0. The zero-order chi connectivity index (χ0) is 76.9. The van der Waals surface area contributed by atoms with E-state index in [0.29, 0.717) is 55.1 Å². The average molecular weight is 1530 g/mol. The molecule has 1 radical (unpaired) electrons. The number of aromatic amines is 4. The van der Waals surface area contributed by atoms with Gasteiger partial charge in [-0.05, 0) is 12.1 Å². The number of carboxylic acid groups (broad SMARTS) is 10. The van der Waals surface area contributed by atoms with Crippen LogP contribution in [0.2, 0.25) is 0 Å². The van der Waals surface area contributed by atoms with Crippen molar-refractivity contribution in [3.8, 4) is 91.1 Å².